The Morgan fingerprint density at radius 3 is 2.71 bits per heavy atom. The molecule has 1 saturated carbocycles. The number of nitrogens with zero attached hydrogens (tertiary/aromatic N) is 1. The van der Waals surface area contributed by atoms with Gasteiger partial charge in [-0.15, -0.1) is 11.3 Å². The highest BCUT2D eigenvalue weighted by Gasteiger charge is 2.22. The minimum Gasteiger partial charge on any atom is -0.452 e. The first kappa shape index (κ1) is 20.5. The van der Waals surface area contributed by atoms with Crippen molar-refractivity contribution >= 4 is 23.2 Å². The molecule has 0 aliphatic heterocycles. The van der Waals surface area contributed by atoms with Crippen molar-refractivity contribution in [3.8, 4) is 10.6 Å². The number of ether oxygens (including phenoxy) is 1. The van der Waals surface area contributed by atoms with E-state index in [1.165, 1.54) is 29.7 Å². The summed E-state index contributed by atoms with van der Waals surface area (Å²) in [5, 5.41) is 5.78. The molecule has 0 spiro atoms. The third-order valence-electron chi connectivity index (χ3n) is 5.02. The van der Waals surface area contributed by atoms with Crippen LogP contribution in [0.3, 0.4) is 0 Å². The quantitative estimate of drug-likeness (QED) is 0.575. The Balaban J connectivity index is 1.50. The maximum Gasteiger partial charge on any atom is 0.312 e. The van der Waals surface area contributed by atoms with Crippen LogP contribution < -0.4 is 5.32 Å². The predicted octanol–water partition coefficient (Wildman–Crippen LogP) is 4.43. The monoisotopic (exact) mass is 400 g/mol. The van der Waals surface area contributed by atoms with E-state index in [-0.39, 0.29) is 18.4 Å². The molecule has 1 atom stereocenters. The smallest absolute Gasteiger partial charge is 0.312 e. The fraction of sp³-hybridized carbons (Fsp3) is 0.500. The molecule has 28 heavy (non-hydrogen) atoms. The lowest BCUT2D eigenvalue weighted by molar-refractivity contribution is -0.154. The van der Waals surface area contributed by atoms with Crippen LogP contribution in [0.1, 0.15) is 56.7 Å². The van der Waals surface area contributed by atoms with Gasteiger partial charge in [0, 0.05) is 17.0 Å². The number of hydrogen-bond donors (Lipinski definition) is 1. The highest BCUT2D eigenvalue weighted by Crippen LogP contribution is 2.24. The highest BCUT2D eigenvalue weighted by atomic mass is 32.1. The molecule has 1 N–H and O–H groups in total. The number of aryl methyl sites for hydroxylation is 1. The first-order valence-corrected chi connectivity index (χ1v) is 10.9. The van der Waals surface area contributed by atoms with Gasteiger partial charge >= 0.3 is 5.97 Å². The number of thiazole rings is 1. The van der Waals surface area contributed by atoms with Crippen LogP contribution in [0.4, 0.5) is 0 Å². The molecule has 5 nitrogen and oxygen atoms in total. The molecule has 1 fully saturated rings. The van der Waals surface area contributed by atoms with Gasteiger partial charge in [-0.2, -0.15) is 0 Å². The van der Waals surface area contributed by atoms with Crippen LogP contribution in [0.5, 0.6) is 0 Å². The Morgan fingerprint density at radius 1 is 1.25 bits per heavy atom. The van der Waals surface area contributed by atoms with Gasteiger partial charge in [-0.25, -0.2) is 4.98 Å². The summed E-state index contributed by atoms with van der Waals surface area (Å²) in [6, 6.07) is 8.31. The average Bonchev–Trinajstić information content (AvgIpc) is 2.97. The second-order valence-corrected chi connectivity index (χ2v) is 8.38. The molecule has 1 aromatic heterocycles. The van der Waals surface area contributed by atoms with E-state index in [0.29, 0.717) is 5.69 Å². The van der Waals surface area contributed by atoms with Crippen LogP contribution in [0, 0.1) is 6.92 Å². The van der Waals surface area contributed by atoms with Crippen LogP contribution in [0.15, 0.2) is 29.6 Å². The zero-order valence-corrected chi connectivity index (χ0v) is 17.4. The first-order chi connectivity index (χ1) is 13.5. The standard InChI is InChI=1S/C22H28N2O3S/c1-15-8-7-9-17(12-15)22-24-19(14-28-22)13-20(25)27-16(2)21(26)23-18-10-5-3-4-6-11-18/h7-9,12,14,16,18H,3-6,10-11,13H2,1-2H3,(H,23,26)/t16-/m1/s1. The summed E-state index contributed by atoms with van der Waals surface area (Å²) in [5.74, 6) is -0.636. The van der Waals surface area contributed by atoms with Crippen LogP contribution in [-0.4, -0.2) is 29.0 Å². The van der Waals surface area contributed by atoms with Crippen molar-refractivity contribution in [3.05, 3.63) is 40.9 Å². The number of benzene rings is 1. The SMILES string of the molecule is Cc1cccc(-c2nc(CC(=O)O[C@H](C)C(=O)NC3CCCCCC3)cs2)c1. The molecule has 2 aromatic rings. The first-order valence-electron chi connectivity index (χ1n) is 10.0. The molecule has 1 heterocycles. The summed E-state index contributed by atoms with van der Waals surface area (Å²) in [5.41, 5.74) is 2.88. The van der Waals surface area contributed by atoms with Gasteiger partial charge in [0.2, 0.25) is 0 Å². The van der Waals surface area contributed by atoms with Crippen molar-refractivity contribution in [1.82, 2.24) is 10.3 Å². The van der Waals surface area contributed by atoms with Gasteiger partial charge in [0.25, 0.3) is 5.91 Å². The normalized spacial score (nSPS) is 16.2. The number of amides is 1. The van der Waals surface area contributed by atoms with Crippen LogP contribution in [0.25, 0.3) is 10.6 Å². The van der Waals surface area contributed by atoms with E-state index in [4.69, 9.17) is 4.74 Å². The second-order valence-electron chi connectivity index (χ2n) is 7.52. The molecular formula is C22H28N2O3S. The maximum atomic E-state index is 12.3. The Bertz CT molecular complexity index is 810. The van der Waals surface area contributed by atoms with Crippen molar-refractivity contribution in [2.75, 3.05) is 0 Å². The van der Waals surface area contributed by atoms with E-state index in [1.807, 2.05) is 30.5 Å². The highest BCUT2D eigenvalue weighted by molar-refractivity contribution is 7.13. The number of carbonyl (C=O) groups excluding carboxylic acids is 2. The van der Waals surface area contributed by atoms with Crippen LogP contribution in [-0.2, 0) is 20.7 Å². The van der Waals surface area contributed by atoms with Crippen molar-refractivity contribution in [1.29, 1.82) is 0 Å². The van der Waals surface area contributed by atoms with E-state index < -0.39 is 12.1 Å². The second kappa shape index (κ2) is 9.82. The van der Waals surface area contributed by atoms with E-state index in [2.05, 4.69) is 16.4 Å². The molecule has 0 radical (unpaired) electrons. The molecule has 3 rings (SSSR count). The molecular weight excluding hydrogens is 372 g/mol. The summed E-state index contributed by atoms with van der Waals surface area (Å²) in [6.45, 7) is 3.67. The lowest BCUT2D eigenvalue weighted by atomic mass is 10.1. The fourth-order valence-corrected chi connectivity index (χ4v) is 4.30. The molecule has 150 valence electrons. The predicted molar refractivity (Wildman–Crippen MR) is 111 cm³/mol. The van der Waals surface area contributed by atoms with Crippen LogP contribution in [0.2, 0.25) is 0 Å². The minimum atomic E-state index is -0.786. The number of aromatic nitrogens is 1. The van der Waals surface area contributed by atoms with E-state index in [1.54, 1.807) is 6.92 Å². The van der Waals surface area contributed by atoms with E-state index in [9.17, 15) is 9.59 Å². The zero-order chi connectivity index (χ0) is 19.9. The third-order valence-corrected chi connectivity index (χ3v) is 5.96. The summed E-state index contributed by atoms with van der Waals surface area (Å²) < 4.78 is 5.34. The largest absolute Gasteiger partial charge is 0.452 e. The summed E-state index contributed by atoms with van der Waals surface area (Å²) in [6.07, 6.45) is 6.05. The zero-order valence-electron chi connectivity index (χ0n) is 16.6. The van der Waals surface area contributed by atoms with Gasteiger partial charge in [-0.05, 0) is 32.8 Å². The van der Waals surface area contributed by atoms with E-state index >= 15 is 0 Å². The Kier molecular flexibility index (Phi) is 7.20. The minimum absolute atomic E-state index is 0.0728. The van der Waals surface area contributed by atoms with Crippen molar-refractivity contribution in [2.24, 2.45) is 0 Å². The molecule has 0 saturated heterocycles. The summed E-state index contributed by atoms with van der Waals surface area (Å²) >= 11 is 1.51. The fourth-order valence-electron chi connectivity index (χ4n) is 3.48. The number of hydrogen-bond acceptors (Lipinski definition) is 5. The number of esters is 1. The van der Waals surface area contributed by atoms with Gasteiger partial charge in [0.15, 0.2) is 6.10 Å². The number of rotatable bonds is 6. The Labute approximate surface area is 170 Å². The molecule has 0 unspecified atom stereocenters. The van der Waals surface area contributed by atoms with Gasteiger partial charge in [-0.1, -0.05) is 49.4 Å². The molecule has 6 heteroatoms. The maximum absolute atomic E-state index is 12.3. The van der Waals surface area contributed by atoms with Crippen molar-refractivity contribution in [3.63, 3.8) is 0 Å². The van der Waals surface area contributed by atoms with Gasteiger partial charge in [-0.3, -0.25) is 9.59 Å². The summed E-state index contributed by atoms with van der Waals surface area (Å²) in [7, 11) is 0. The third kappa shape index (κ3) is 5.89. The Morgan fingerprint density at radius 2 is 2.00 bits per heavy atom. The van der Waals surface area contributed by atoms with Gasteiger partial charge < -0.3 is 10.1 Å². The molecule has 0 bridgehead atoms. The Hall–Kier alpha value is -2.21. The lowest BCUT2D eigenvalue weighted by Gasteiger charge is -2.19. The lowest BCUT2D eigenvalue weighted by Crippen LogP contribution is -2.42. The molecule has 1 aliphatic carbocycles. The topological polar surface area (TPSA) is 68.3 Å². The van der Waals surface area contributed by atoms with Crippen molar-refractivity contribution < 1.29 is 14.3 Å². The van der Waals surface area contributed by atoms with Gasteiger partial charge in [0.1, 0.15) is 5.01 Å². The summed E-state index contributed by atoms with van der Waals surface area (Å²) in [4.78, 5) is 29.1. The van der Waals surface area contributed by atoms with Crippen LogP contribution >= 0.6 is 11.3 Å². The average molecular weight is 401 g/mol. The molecule has 1 amide bonds. The van der Waals surface area contributed by atoms with Gasteiger partial charge in [0.05, 0.1) is 12.1 Å². The van der Waals surface area contributed by atoms with E-state index in [0.717, 1.165) is 36.3 Å². The molecule has 1 aromatic carbocycles. The number of carbonyl (C=O) groups is 2. The number of nitrogens with one attached hydrogen (secondary N) is 1. The molecule has 1 aliphatic rings. The van der Waals surface area contributed by atoms with Crippen molar-refractivity contribution in [2.45, 2.75) is 70.9 Å².